The average Bonchev–Trinajstić information content (AvgIpc) is 2.81. The van der Waals surface area contributed by atoms with E-state index >= 15 is 0 Å². The molecule has 0 aromatic carbocycles. The second-order valence-corrected chi connectivity index (χ2v) is 6.05. The molecule has 0 aromatic heterocycles. The second kappa shape index (κ2) is 13.4. The van der Waals surface area contributed by atoms with Crippen LogP contribution >= 0.6 is 0 Å². The number of carboxylic acids is 1. The number of hydrogen-bond acceptors (Lipinski definition) is 2. The van der Waals surface area contributed by atoms with Crippen molar-refractivity contribution >= 4 is 5.97 Å². The van der Waals surface area contributed by atoms with E-state index < -0.39 is 5.97 Å². The molecule has 1 heterocycles. The summed E-state index contributed by atoms with van der Waals surface area (Å²) < 4.78 is 0. The second-order valence-electron chi connectivity index (χ2n) is 6.05. The molecule has 1 N–H and O–H groups in total. The van der Waals surface area contributed by atoms with E-state index in [1.165, 1.54) is 77.3 Å². The van der Waals surface area contributed by atoms with Gasteiger partial charge in [-0.25, -0.2) is 0 Å². The standard InChI is InChI=1S/C15H31N.C2H4O2/c1-3-5-6-7-8-9-13-16-14-10-12-15(16)11-4-2;1-2(3)4/h15H,3-14H2,1-2H3;1H3,(H,3,4). The van der Waals surface area contributed by atoms with Crippen LogP contribution in [-0.4, -0.2) is 25.1 Å². The van der Waals surface area contributed by atoms with Crippen LogP contribution in [0.1, 0.15) is 85.0 Å². The molecule has 2 atom stereocenters. The first-order chi connectivity index (χ1) is 9.61. The molecule has 1 fully saturated rings. The largest absolute Gasteiger partial charge is 0.550 e. The Morgan fingerprint density at radius 1 is 1.10 bits per heavy atom. The topological polar surface area (TPSA) is 44.6 Å². The Balaban J connectivity index is 0.000000796. The van der Waals surface area contributed by atoms with Crippen LogP contribution in [0.4, 0.5) is 0 Å². The summed E-state index contributed by atoms with van der Waals surface area (Å²) in [5.74, 6) is -1.08. The fourth-order valence-corrected chi connectivity index (χ4v) is 3.14. The van der Waals surface area contributed by atoms with Gasteiger partial charge < -0.3 is 14.8 Å². The van der Waals surface area contributed by atoms with Gasteiger partial charge in [0.15, 0.2) is 0 Å². The predicted octanol–water partition coefficient (Wildman–Crippen LogP) is 1.95. The van der Waals surface area contributed by atoms with E-state index in [-0.39, 0.29) is 0 Å². The summed E-state index contributed by atoms with van der Waals surface area (Å²) in [6.45, 7) is 8.51. The van der Waals surface area contributed by atoms with Crippen LogP contribution < -0.4 is 10.0 Å². The third kappa shape index (κ3) is 11.3. The van der Waals surface area contributed by atoms with Gasteiger partial charge in [-0.05, 0) is 26.2 Å². The molecule has 1 rings (SSSR count). The molecule has 0 saturated carbocycles. The van der Waals surface area contributed by atoms with Crippen molar-refractivity contribution in [1.82, 2.24) is 0 Å². The van der Waals surface area contributed by atoms with Crippen LogP contribution in [0.15, 0.2) is 0 Å². The number of unbranched alkanes of at least 4 members (excludes halogenated alkanes) is 5. The van der Waals surface area contributed by atoms with Crippen molar-refractivity contribution in [3.05, 3.63) is 0 Å². The molecular formula is C17H35NO2. The van der Waals surface area contributed by atoms with E-state index in [0.717, 1.165) is 13.0 Å². The third-order valence-corrected chi connectivity index (χ3v) is 4.12. The lowest BCUT2D eigenvalue weighted by Gasteiger charge is -2.21. The SMILES string of the molecule is CC(=O)[O-].CCCCCCCC[NH+]1CCCC1CCC. The molecule has 3 nitrogen and oxygen atoms in total. The average molecular weight is 285 g/mol. The van der Waals surface area contributed by atoms with E-state index in [1.54, 1.807) is 0 Å². The fraction of sp³-hybridized carbons (Fsp3) is 0.941. The number of nitrogens with one attached hydrogen (secondary N) is 1. The molecule has 1 saturated heterocycles. The van der Waals surface area contributed by atoms with E-state index in [4.69, 9.17) is 9.90 Å². The van der Waals surface area contributed by atoms with E-state index in [2.05, 4.69) is 13.8 Å². The van der Waals surface area contributed by atoms with Crippen molar-refractivity contribution in [1.29, 1.82) is 0 Å². The van der Waals surface area contributed by atoms with Crippen molar-refractivity contribution in [2.75, 3.05) is 13.1 Å². The number of likely N-dealkylation sites (tertiary alicyclic amines) is 1. The quantitative estimate of drug-likeness (QED) is 0.658. The molecule has 0 aliphatic carbocycles. The maximum absolute atomic E-state index is 8.89. The lowest BCUT2D eigenvalue weighted by Crippen LogP contribution is -3.13. The Bertz CT molecular complexity index is 227. The number of aliphatic carboxylic acids is 1. The minimum Gasteiger partial charge on any atom is -0.550 e. The maximum Gasteiger partial charge on any atom is 0.0876 e. The van der Waals surface area contributed by atoms with Gasteiger partial charge in [-0.1, -0.05) is 46.0 Å². The van der Waals surface area contributed by atoms with Gasteiger partial charge in [0.1, 0.15) is 0 Å². The Kier molecular flexibility index (Phi) is 13.0. The Hall–Kier alpha value is -0.570. The Morgan fingerprint density at radius 2 is 1.70 bits per heavy atom. The molecular weight excluding hydrogens is 250 g/mol. The third-order valence-electron chi connectivity index (χ3n) is 4.12. The van der Waals surface area contributed by atoms with Gasteiger partial charge in [-0.15, -0.1) is 0 Å². The van der Waals surface area contributed by atoms with E-state index in [9.17, 15) is 0 Å². The summed E-state index contributed by atoms with van der Waals surface area (Å²) in [6.07, 6.45) is 14.5. The summed E-state index contributed by atoms with van der Waals surface area (Å²) >= 11 is 0. The normalized spacial score (nSPS) is 21.4. The molecule has 0 spiro atoms. The summed E-state index contributed by atoms with van der Waals surface area (Å²) in [7, 11) is 0. The highest BCUT2D eigenvalue weighted by molar-refractivity contribution is 5.60. The van der Waals surface area contributed by atoms with Crippen molar-refractivity contribution in [3.8, 4) is 0 Å². The minimum atomic E-state index is -1.08. The first kappa shape index (κ1) is 19.4. The Labute approximate surface area is 125 Å². The zero-order chi connectivity index (χ0) is 15.2. The maximum atomic E-state index is 8.89. The minimum absolute atomic E-state index is 0.972. The van der Waals surface area contributed by atoms with Crippen molar-refractivity contribution in [2.24, 2.45) is 0 Å². The number of rotatable bonds is 9. The van der Waals surface area contributed by atoms with Gasteiger partial charge in [-0.2, -0.15) is 0 Å². The van der Waals surface area contributed by atoms with Crippen LogP contribution in [0, 0.1) is 0 Å². The van der Waals surface area contributed by atoms with Crippen molar-refractivity contribution in [3.63, 3.8) is 0 Å². The van der Waals surface area contributed by atoms with Crippen molar-refractivity contribution in [2.45, 2.75) is 91.0 Å². The molecule has 20 heavy (non-hydrogen) atoms. The molecule has 0 bridgehead atoms. The van der Waals surface area contributed by atoms with E-state index in [1.807, 2.05) is 4.90 Å². The number of hydrogen-bond donors (Lipinski definition) is 1. The molecule has 2 unspecified atom stereocenters. The molecule has 0 aromatic rings. The number of carbonyl (C=O) groups excluding carboxylic acids is 1. The predicted molar refractivity (Wildman–Crippen MR) is 82.7 cm³/mol. The van der Waals surface area contributed by atoms with Crippen LogP contribution in [-0.2, 0) is 4.79 Å². The Morgan fingerprint density at radius 3 is 2.30 bits per heavy atom. The van der Waals surface area contributed by atoms with Crippen LogP contribution in [0.25, 0.3) is 0 Å². The molecule has 0 amide bonds. The van der Waals surface area contributed by atoms with Gasteiger partial charge >= 0.3 is 0 Å². The van der Waals surface area contributed by atoms with Crippen LogP contribution in [0.2, 0.25) is 0 Å². The summed E-state index contributed by atoms with van der Waals surface area (Å²) in [4.78, 5) is 10.8. The molecule has 1 aliphatic heterocycles. The number of carbonyl (C=O) groups is 1. The monoisotopic (exact) mass is 285 g/mol. The highest BCUT2D eigenvalue weighted by Crippen LogP contribution is 2.07. The summed E-state index contributed by atoms with van der Waals surface area (Å²) in [6, 6.07) is 1.01. The number of carboxylic acid groups (broad SMARTS) is 1. The molecule has 120 valence electrons. The molecule has 1 aliphatic rings. The van der Waals surface area contributed by atoms with Crippen LogP contribution in [0.3, 0.4) is 0 Å². The van der Waals surface area contributed by atoms with E-state index in [0.29, 0.717) is 0 Å². The zero-order valence-corrected chi connectivity index (χ0v) is 13.9. The highest BCUT2D eigenvalue weighted by Gasteiger charge is 2.26. The van der Waals surface area contributed by atoms with Crippen LogP contribution in [0.5, 0.6) is 0 Å². The molecule has 3 heteroatoms. The van der Waals surface area contributed by atoms with Crippen molar-refractivity contribution < 1.29 is 14.8 Å². The van der Waals surface area contributed by atoms with Gasteiger partial charge in [0.25, 0.3) is 0 Å². The van der Waals surface area contributed by atoms with Gasteiger partial charge in [0.05, 0.1) is 19.1 Å². The first-order valence-electron chi connectivity index (χ1n) is 8.63. The first-order valence-corrected chi connectivity index (χ1v) is 8.63. The van der Waals surface area contributed by atoms with Gasteiger partial charge in [0.2, 0.25) is 0 Å². The fourth-order valence-electron chi connectivity index (χ4n) is 3.14. The smallest absolute Gasteiger partial charge is 0.0876 e. The zero-order valence-electron chi connectivity index (χ0n) is 13.9. The number of quaternary nitrogens is 1. The highest BCUT2D eigenvalue weighted by atomic mass is 16.4. The summed E-state index contributed by atoms with van der Waals surface area (Å²) in [5.41, 5.74) is 0. The lowest BCUT2D eigenvalue weighted by atomic mass is 10.1. The lowest BCUT2D eigenvalue weighted by molar-refractivity contribution is -0.912. The van der Waals surface area contributed by atoms with Gasteiger partial charge in [-0.3, -0.25) is 0 Å². The summed E-state index contributed by atoms with van der Waals surface area (Å²) in [5, 5.41) is 8.89. The molecule has 0 radical (unpaired) electrons. The van der Waals surface area contributed by atoms with Gasteiger partial charge in [0, 0.05) is 18.8 Å².